The number of hydrogen-bond acceptors (Lipinski definition) is 3. The molecule has 74 valence electrons. The highest BCUT2D eigenvalue weighted by atomic mass is 15.0. The van der Waals surface area contributed by atoms with Gasteiger partial charge in [0.05, 0.1) is 11.6 Å². The summed E-state index contributed by atoms with van der Waals surface area (Å²) in [7, 11) is 0. The molecule has 2 aromatic rings. The number of H-pyrrole nitrogens is 1. The Balaban J connectivity index is 2.35. The van der Waals surface area contributed by atoms with Crippen LogP contribution in [0.5, 0.6) is 0 Å². The van der Waals surface area contributed by atoms with Crippen LogP contribution in [-0.2, 0) is 0 Å². The van der Waals surface area contributed by atoms with E-state index in [9.17, 15) is 0 Å². The topological polar surface area (TPSA) is 67.6 Å². The third-order valence-electron chi connectivity index (χ3n) is 2.23. The molecule has 0 spiro atoms. The zero-order valence-electron chi connectivity index (χ0n) is 8.20. The molecule has 2 aromatic heterocycles. The first-order valence-corrected chi connectivity index (χ1v) is 4.87. The van der Waals surface area contributed by atoms with E-state index in [1.54, 1.807) is 6.20 Å². The van der Waals surface area contributed by atoms with Crippen LogP contribution in [0.4, 0.5) is 0 Å². The van der Waals surface area contributed by atoms with Crippen LogP contribution in [0.1, 0.15) is 31.6 Å². The first-order chi connectivity index (χ1) is 6.81. The Labute approximate surface area is 82.6 Å². The average Bonchev–Trinajstić information content (AvgIpc) is 2.61. The molecular weight excluding hydrogens is 176 g/mol. The summed E-state index contributed by atoms with van der Waals surface area (Å²) in [5.41, 5.74) is 7.65. The lowest BCUT2D eigenvalue weighted by Gasteiger charge is -2.04. The molecule has 1 unspecified atom stereocenters. The Bertz CT molecular complexity index is 388. The van der Waals surface area contributed by atoms with Crippen molar-refractivity contribution in [2.75, 3.05) is 0 Å². The highest BCUT2D eigenvalue weighted by Crippen LogP contribution is 2.15. The quantitative estimate of drug-likeness (QED) is 0.774. The third kappa shape index (κ3) is 1.61. The summed E-state index contributed by atoms with van der Waals surface area (Å²) in [4.78, 5) is 11.7. The third-order valence-corrected chi connectivity index (χ3v) is 2.23. The number of hydrogen-bond donors (Lipinski definition) is 2. The molecule has 0 saturated heterocycles. The van der Waals surface area contributed by atoms with Crippen molar-refractivity contribution >= 4 is 11.2 Å². The van der Waals surface area contributed by atoms with Crippen LogP contribution in [0.15, 0.2) is 18.3 Å². The monoisotopic (exact) mass is 190 g/mol. The second-order valence-electron chi connectivity index (χ2n) is 3.39. The fraction of sp³-hybridized carbons (Fsp3) is 0.400. The summed E-state index contributed by atoms with van der Waals surface area (Å²) >= 11 is 0. The number of nitrogens with one attached hydrogen (secondary N) is 1. The zero-order chi connectivity index (χ0) is 9.97. The number of pyridine rings is 1. The molecule has 0 bridgehead atoms. The molecule has 2 rings (SSSR count). The average molecular weight is 190 g/mol. The fourth-order valence-electron chi connectivity index (χ4n) is 1.49. The SMILES string of the molecule is CCCC(N)c1nc2ncccc2[nH]1. The van der Waals surface area contributed by atoms with Crippen molar-refractivity contribution < 1.29 is 0 Å². The summed E-state index contributed by atoms with van der Waals surface area (Å²) in [5, 5.41) is 0. The molecule has 4 heteroatoms. The molecule has 2 heterocycles. The summed E-state index contributed by atoms with van der Waals surface area (Å²) in [5.74, 6) is 0.834. The standard InChI is InChI=1S/C10H14N4/c1-2-4-7(11)9-13-8-5-3-6-12-10(8)14-9/h3,5-7H,2,4,11H2,1H3,(H,12,13,14). The maximum Gasteiger partial charge on any atom is 0.177 e. The number of nitrogens with zero attached hydrogens (tertiary/aromatic N) is 2. The molecule has 0 fully saturated rings. The fourth-order valence-corrected chi connectivity index (χ4v) is 1.49. The first kappa shape index (κ1) is 9.15. The highest BCUT2D eigenvalue weighted by molar-refractivity contribution is 5.69. The molecule has 3 N–H and O–H groups in total. The highest BCUT2D eigenvalue weighted by Gasteiger charge is 2.09. The number of fused-ring (bicyclic) bond motifs is 1. The van der Waals surface area contributed by atoms with Gasteiger partial charge < -0.3 is 10.7 Å². The van der Waals surface area contributed by atoms with Gasteiger partial charge in [-0.15, -0.1) is 0 Å². The molecule has 0 aromatic carbocycles. The largest absolute Gasteiger partial charge is 0.339 e. The van der Waals surface area contributed by atoms with Crippen molar-refractivity contribution in [1.82, 2.24) is 15.0 Å². The van der Waals surface area contributed by atoms with Gasteiger partial charge in [-0.3, -0.25) is 0 Å². The zero-order valence-corrected chi connectivity index (χ0v) is 8.20. The normalized spacial score (nSPS) is 13.3. The van der Waals surface area contributed by atoms with Crippen molar-refractivity contribution in [2.45, 2.75) is 25.8 Å². The molecule has 14 heavy (non-hydrogen) atoms. The number of aromatic amines is 1. The molecule has 0 aliphatic heterocycles. The molecular formula is C10H14N4. The Kier molecular flexibility index (Phi) is 2.45. The van der Waals surface area contributed by atoms with Crippen LogP contribution in [0, 0.1) is 0 Å². The van der Waals surface area contributed by atoms with Crippen molar-refractivity contribution in [1.29, 1.82) is 0 Å². The summed E-state index contributed by atoms with van der Waals surface area (Å²) in [6, 6.07) is 3.84. The molecule has 1 atom stereocenters. The summed E-state index contributed by atoms with van der Waals surface area (Å²) < 4.78 is 0. The minimum Gasteiger partial charge on any atom is -0.339 e. The van der Waals surface area contributed by atoms with Gasteiger partial charge >= 0.3 is 0 Å². The minimum atomic E-state index is -0.00537. The molecule has 0 radical (unpaired) electrons. The maximum absolute atomic E-state index is 5.95. The van der Waals surface area contributed by atoms with Crippen LogP contribution < -0.4 is 5.73 Å². The lowest BCUT2D eigenvalue weighted by atomic mass is 10.2. The second-order valence-corrected chi connectivity index (χ2v) is 3.39. The van der Waals surface area contributed by atoms with E-state index in [-0.39, 0.29) is 6.04 Å². The predicted molar refractivity (Wildman–Crippen MR) is 55.7 cm³/mol. The van der Waals surface area contributed by atoms with E-state index >= 15 is 0 Å². The Morgan fingerprint density at radius 2 is 2.43 bits per heavy atom. The van der Waals surface area contributed by atoms with Crippen LogP contribution in [0.2, 0.25) is 0 Å². The van der Waals surface area contributed by atoms with Crippen molar-refractivity contribution in [3.63, 3.8) is 0 Å². The van der Waals surface area contributed by atoms with E-state index in [2.05, 4.69) is 21.9 Å². The molecule has 0 aliphatic rings. The first-order valence-electron chi connectivity index (χ1n) is 4.87. The van der Waals surface area contributed by atoms with E-state index in [0.717, 1.165) is 29.8 Å². The van der Waals surface area contributed by atoms with Crippen LogP contribution in [0.3, 0.4) is 0 Å². The van der Waals surface area contributed by atoms with Gasteiger partial charge in [0.25, 0.3) is 0 Å². The van der Waals surface area contributed by atoms with Gasteiger partial charge in [0.2, 0.25) is 0 Å². The van der Waals surface area contributed by atoms with Gasteiger partial charge in [0, 0.05) is 6.20 Å². The van der Waals surface area contributed by atoms with Crippen LogP contribution in [-0.4, -0.2) is 15.0 Å². The summed E-state index contributed by atoms with van der Waals surface area (Å²) in [6.45, 7) is 2.11. The van der Waals surface area contributed by atoms with E-state index < -0.39 is 0 Å². The van der Waals surface area contributed by atoms with Crippen molar-refractivity contribution in [3.8, 4) is 0 Å². The van der Waals surface area contributed by atoms with E-state index in [0.29, 0.717) is 0 Å². The molecule has 0 saturated carbocycles. The lowest BCUT2D eigenvalue weighted by Crippen LogP contribution is -2.11. The Hall–Kier alpha value is -1.42. The van der Waals surface area contributed by atoms with Gasteiger partial charge in [0.15, 0.2) is 5.65 Å². The van der Waals surface area contributed by atoms with E-state index in [4.69, 9.17) is 5.73 Å². The smallest absolute Gasteiger partial charge is 0.177 e. The molecule has 4 nitrogen and oxygen atoms in total. The van der Waals surface area contributed by atoms with Gasteiger partial charge in [-0.1, -0.05) is 13.3 Å². The van der Waals surface area contributed by atoms with Crippen molar-refractivity contribution in [2.24, 2.45) is 5.73 Å². The number of rotatable bonds is 3. The second kappa shape index (κ2) is 3.75. The maximum atomic E-state index is 5.95. The number of nitrogens with two attached hydrogens (primary N) is 1. The van der Waals surface area contributed by atoms with Gasteiger partial charge in [-0.05, 0) is 18.6 Å². The minimum absolute atomic E-state index is 0.00537. The van der Waals surface area contributed by atoms with Crippen LogP contribution >= 0.6 is 0 Å². The van der Waals surface area contributed by atoms with E-state index in [1.807, 2.05) is 12.1 Å². The number of imidazole rings is 1. The van der Waals surface area contributed by atoms with Gasteiger partial charge in [-0.2, -0.15) is 0 Å². The van der Waals surface area contributed by atoms with Crippen molar-refractivity contribution in [3.05, 3.63) is 24.2 Å². The Morgan fingerprint density at radius 1 is 1.57 bits per heavy atom. The molecule has 0 amide bonds. The van der Waals surface area contributed by atoms with E-state index in [1.165, 1.54) is 0 Å². The predicted octanol–water partition coefficient (Wildman–Crippen LogP) is 1.76. The van der Waals surface area contributed by atoms with Gasteiger partial charge in [-0.25, -0.2) is 9.97 Å². The van der Waals surface area contributed by atoms with Crippen LogP contribution in [0.25, 0.3) is 11.2 Å². The molecule has 0 aliphatic carbocycles. The number of aromatic nitrogens is 3. The Morgan fingerprint density at radius 3 is 3.14 bits per heavy atom. The lowest BCUT2D eigenvalue weighted by molar-refractivity contribution is 0.610. The van der Waals surface area contributed by atoms with Gasteiger partial charge in [0.1, 0.15) is 5.82 Å². The summed E-state index contributed by atoms with van der Waals surface area (Å²) in [6.07, 6.45) is 3.74.